The van der Waals surface area contributed by atoms with Gasteiger partial charge in [0, 0.05) is 26.3 Å². The van der Waals surface area contributed by atoms with Crippen LogP contribution in [-0.4, -0.2) is 10.2 Å². The summed E-state index contributed by atoms with van der Waals surface area (Å²) in [4.78, 5) is 2.61. The lowest BCUT2D eigenvalue weighted by atomic mass is 9.54. The van der Waals surface area contributed by atoms with Crippen LogP contribution in [0.25, 0.3) is 33.6 Å². The highest BCUT2D eigenvalue weighted by Gasteiger charge is 2.52. The highest BCUT2D eigenvalue weighted by atomic mass is 32.2. The predicted molar refractivity (Wildman–Crippen MR) is 193 cm³/mol. The highest BCUT2D eigenvalue weighted by Crippen LogP contribution is 2.62. The summed E-state index contributed by atoms with van der Waals surface area (Å²) in [6, 6.07) is 57.3. The molecular formula is C44H32N2S. The van der Waals surface area contributed by atoms with Crippen molar-refractivity contribution in [2.24, 2.45) is 0 Å². The molecule has 224 valence electrons. The van der Waals surface area contributed by atoms with Gasteiger partial charge in [0.1, 0.15) is 0 Å². The molecule has 1 aliphatic heterocycles. The Hall–Kier alpha value is -5.25. The van der Waals surface area contributed by atoms with Gasteiger partial charge in [0.05, 0.1) is 16.8 Å². The molecule has 0 fully saturated rings. The molecule has 47 heavy (non-hydrogen) atoms. The average Bonchev–Trinajstić information content (AvgIpc) is 3.14. The van der Waals surface area contributed by atoms with Gasteiger partial charge in [-0.25, -0.2) is 0 Å². The molecule has 9 rings (SSSR count). The molecule has 0 bridgehead atoms. The minimum Gasteiger partial charge on any atom is -0.150 e. The first-order chi connectivity index (χ1) is 23.1. The maximum Gasteiger partial charge on any atom is 0.0930 e. The molecule has 1 aromatic heterocycles. The van der Waals surface area contributed by atoms with Crippen LogP contribution in [0.2, 0.25) is 0 Å². The highest BCUT2D eigenvalue weighted by molar-refractivity contribution is 7.99. The first kappa shape index (κ1) is 28.0. The molecule has 0 amide bonds. The van der Waals surface area contributed by atoms with Crippen LogP contribution in [0.5, 0.6) is 0 Å². The quantitative estimate of drug-likeness (QED) is 0.197. The third kappa shape index (κ3) is 4.13. The van der Waals surface area contributed by atoms with Crippen LogP contribution in [0.1, 0.15) is 47.2 Å². The fourth-order valence-electron chi connectivity index (χ4n) is 7.97. The molecule has 7 aromatic rings. The van der Waals surface area contributed by atoms with Crippen molar-refractivity contribution in [3.63, 3.8) is 0 Å². The Morgan fingerprint density at radius 1 is 0.426 bits per heavy atom. The summed E-state index contributed by atoms with van der Waals surface area (Å²) >= 11 is 1.89. The fourth-order valence-corrected chi connectivity index (χ4v) is 9.29. The van der Waals surface area contributed by atoms with Crippen molar-refractivity contribution in [3.8, 4) is 33.6 Å². The Kier molecular flexibility index (Phi) is 6.35. The van der Waals surface area contributed by atoms with Crippen LogP contribution in [0.15, 0.2) is 168 Å². The summed E-state index contributed by atoms with van der Waals surface area (Å²) in [6.07, 6.45) is 0. The van der Waals surface area contributed by atoms with E-state index in [2.05, 4.69) is 164 Å². The second kappa shape index (κ2) is 10.7. The first-order valence-corrected chi connectivity index (χ1v) is 17.0. The van der Waals surface area contributed by atoms with Crippen LogP contribution < -0.4 is 0 Å². The summed E-state index contributed by atoms with van der Waals surface area (Å²) in [6.45, 7) is 4.75. The van der Waals surface area contributed by atoms with Crippen LogP contribution in [0, 0.1) is 0 Å². The number of nitrogens with zero attached hydrogens (tertiary/aromatic N) is 2. The third-order valence-corrected chi connectivity index (χ3v) is 11.4. The summed E-state index contributed by atoms with van der Waals surface area (Å²) in [5.74, 6) is 0. The Bertz CT molecular complexity index is 2250. The van der Waals surface area contributed by atoms with Gasteiger partial charge < -0.3 is 0 Å². The van der Waals surface area contributed by atoms with Gasteiger partial charge >= 0.3 is 0 Å². The molecule has 0 saturated carbocycles. The lowest BCUT2D eigenvalue weighted by molar-refractivity contribution is 0.549. The Labute approximate surface area is 280 Å². The summed E-state index contributed by atoms with van der Waals surface area (Å²) < 4.78 is 0. The molecule has 0 radical (unpaired) electrons. The summed E-state index contributed by atoms with van der Waals surface area (Å²) in [5.41, 5.74) is 13.9. The maximum absolute atomic E-state index is 4.65. The number of aromatic nitrogens is 2. The van der Waals surface area contributed by atoms with Crippen LogP contribution in [0.3, 0.4) is 0 Å². The van der Waals surface area contributed by atoms with E-state index in [0.717, 1.165) is 22.5 Å². The molecule has 1 spiro atoms. The number of benzene rings is 6. The lowest BCUT2D eigenvalue weighted by Gasteiger charge is -2.50. The first-order valence-electron chi connectivity index (χ1n) is 16.2. The van der Waals surface area contributed by atoms with Crippen LogP contribution in [0.4, 0.5) is 0 Å². The Morgan fingerprint density at radius 2 is 0.936 bits per heavy atom. The molecule has 2 heterocycles. The van der Waals surface area contributed by atoms with Gasteiger partial charge in [0.2, 0.25) is 0 Å². The van der Waals surface area contributed by atoms with Crippen LogP contribution in [-0.2, 0) is 10.8 Å². The van der Waals surface area contributed by atoms with Gasteiger partial charge in [-0.2, -0.15) is 0 Å². The van der Waals surface area contributed by atoms with Gasteiger partial charge in [-0.05, 0) is 68.8 Å². The predicted octanol–water partition coefficient (Wildman–Crippen LogP) is 11.0. The van der Waals surface area contributed by atoms with E-state index >= 15 is 0 Å². The second-order valence-electron chi connectivity index (χ2n) is 13.0. The van der Waals surface area contributed by atoms with Crippen molar-refractivity contribution < 1.29 is 0 Å². The Morgan fingerprint density at radius 3 is 1.62 bits per heavy atom. The minimum absolute atomic E-state index is 0.124. The van der Waals surface area contributed by atoms with E-state index in [4.69, 9.17) is 0 Å². The van der Waals surface area contributed by atoms with Gasteiger partial charge in [-0.15, -0.1) is 10.2 Å². The summed E-state index contributed by atoms with van der Waals surface area (Å²) in [5, 5.41) is 9.23. The van der Waals surface area contributed by atoms with E-state index < -0.39 is 5.41 Å². The molecular weight excluding hydrogens is 589 g/mol. The van der Waals surface area contributed by atoms with Gasteiger partial charge in [-0.3, -0.25) is 0 Å². The minimum atomic E-state index is -0.438. The van der Waals surface area contributed by atoms with E-state index in [1.807, 2.05) is 30.0 Å². The topological polar surface area (TPSA) is 25.8 Å². The monoisotopic (exact) mass is 620 g/mol. The molecule has 0 atom stereocenters. The standard InChI is InChI=1S/C44H32N2S/c1-43(2)33-19-6-8-21-35(33)44(36-22-9-7-20-34(36)43)37-23-10-11-25-41(37)47-42-32(18-13-24-38(42)44)30-16-12-17-31(28-30)40-27-26-39(45-46-40)29-14-4-3-5-15-29/h3-28H,1-2H3. The molecule has 3 heteroatoms. The van der Waals surface area contributed by atoms with Crippen molar-refractivity contribution >= 4 is 11.8 Å². The van der Waals surface area contributed by atoms with E-state index in [1.165, 1.54) is 54.3 Å². The number of hydrogen-bond acceptors (Lipinski definition) is 3. The van der Waals surface area contributed by atoms with Crippen molar-refractivity contribution in [1.29, 1.82) is 0 Å². The number of hydrogen-bond donors (Lipinski definition) is 0. The molecule has 1 aliphatic carbocycles. The third-order valence-electron chi connectivity index (χ3n) is 10.1. The smallest absolute Gasteiger partial charge is 0.0930 e. The zero-order valence-electron chi connectivity index (χ0n) is 26.3. The molecule has 0 saturated heterocycles. The molecule has 2 aliphatic rings. The van der Waals surface area contributed by atoms with Crippen molar-refractivity contribution in [2.75, 3.05) is 0 Å². The zero-order valence-corrected chi connectivity index (χ0v) is 27.1. The average molecular weight is 621 g/mol. The van der Waals surface area contributed by atoms with Gasteiger partial charge in [0.15, 0.2) is 0 Å². The van der Waals surface area contributed by atoms with E-state index in [0.29, 0.717) is 0 Å². The fraction of sp³-hybridized carbons (Fsp3) is 0.0909. The van der Waals surface area contributed by atoms with Crippen LogP contribution >= 0.6 is 11.8 Å². The number of fused-ring (bicyclic) bond motifs is 8. The van der Waals surface area contributed by atoms with E-state index in [9.17, 15) is 0 Å². The Balaban J connectivity index is 1.26. The molecule has 2 nitrogen and oxygen atoms in total. The van der Waals surface area contributed by atoms with E-state index in [-0.39, 0.29) is 5.41 Å². The molecule has 0 N–H and O–H groups in total. The van der Waals surface area contributed by atoms with Gasteiger partial charge in [0.25, 0.3) is 0 Å². The maximum atomic E-state index is 4.65. The summed E-state index contributed by atoms with van der Waals surface area (Å²) in [7, 11) is 0. The molecule has 6 aromatic carbocycles. The van der Waals surface area contributed by atoms with Gasteiger partial charge in [-0.1, -0.05) is 159 Å². The van der Waals surface area contributed by atoms with Crippen molar-refractivity contribution in [3.05, 3.63) is 191 Å². The SMILES string of the molecule is CC1(C)c2ccccc2C2(c3ccccc3Sc3c(-c4cccc(-c5ccc(-c6ccccc6)nn5)c4)cccc32)c2ccccc21. The van der Waals surface area contributed by atoms with Crippen molar-refractivity contribution in [2.45, 2.75) is 34.5 Å². The van der Waals surface area contributed by atoms with E-state index in [1.54, 1.807) is 0 Å². The normalized spacial score (nSPS) is 14.9. The second-order valence-corrected chi connectivity index (χ2v) is 14.0. The number of rotatable bonds is 3. The lowest BCUT2D eigenvalue weighted by Crippen LogP contribution is -2.43. The van der Waals surface area contributed by atoms with Crippen molar-refractivity contribution in [1.82, 2.24) is 10.2 Å². The molecule has 0 unspecified atom stereocenters. The largest absolute Gasteiger partial charge is 0.150 e. The zero-order chi connectivity index (χ0) is 31.6.